The van der Waals surface area contributed by atoms with Gasteiger partial charge in [-0.15, -0.1) is 0 Å². The molecule has 2 N–H and O–H groups in total. The summed E-state index contributed by atoms with van der Waals surface area (Å²) in [5.41, 5.74) is 2.04. The number of halogens is 1. The second-order valence-corrected chi connectivity index (χ2v) is 7.24. The van der Waals surface area contributed by atoms with Crippen molar-refractivity contribution in [3.05, 3.63) is 70.7 Å². The predicted octanol–water partition coefficient (Wildman–Crippen LogP) is 4.16. The number of carbonyl (C=O) groups excluding carboxylic acids is 1. The molecule has 2 aromatic rings. The van der Waals surface area contributed by atoms with E-state index >= 15 is 0 Å². The van der Waals surface area contributed by atoms with E-state index in [0.29, 0.717) is 24.3 Å². The van der Waals surface area contributed by atoms with Gasteiger partial charge in [0, 0.05) is 18.1 Å². The molecule has 0 aliphatic rings. The number of aliphatic hydroxyl groups is 2. The monoisotopic (exact) mass is 390 g/mol. The van der Waals surface area contributed by atoms with E-state index in [-0.39, 0.29) is 31.5 Å². The summed E-state index contributed by atoms with van der Waals surface area (Å²) in [6.07, 6.45) is 2.07. The topological polar surface area (TPSA) is 66.8 Å². The van der Waals surface area contributed by atoms with Crippen LogP contribution in [0.3, 0.4) is 0 Å². The highest BCUT2D eigenvalue weighted by Gasteiger charge is 2.15. The average Bonchev–Trinajstić information content (AvgIpc) is 2.68. The smallest absolute Gasteiger partial charge is 0.306 e. The summed E-state index contributed by atoms with van der Waals surface area (Å²) in [6.45, 7) is 0.261. The van der Waals surface area contributed by atoms with E-state index in [9.17, 15) is 15.0 Å². The molecule has 2 atom stereocenters. The molecule has 0 saturated carbocycles. The van der Waals surface area contributed by atoms with Crippen LogP contribution in [-0.4, -0.2) is 28.9 Å². The van der Waals surface area contributed by atoms with Gasteiger partial charge in [0.15, 0.2) is 0 Å². The molecule has 4 nitrogen and oxygen atoms in total. The fourth-order valence-electron chi connectivity index (χ4n) is 2.97. The summed E-state index contributed by atoms with van der Waals surface area (Å²) < 4.78 is 5.23. The van der Waals surface area contributed by atoms with Crippen LogP contribution in [0.1, 0.15) is 36.8 Å². The Balaban J connectivity index is 1.63. The second kappa shape index (κ2) is 11.8. The molecule has 0 fully saturated rings. The first-order valence-electron chi connectivity index (χ1n) is 9.29. The zero-order chi connectivity index (χ0) is 19.5. The van der Waals surface area contributed by atoms with Crippen LogP contribution in [-0.2, 0) is 22.6 Å². The summed E-state index contributed by atoms with van der Waals surface area (Å²) in [4.78, 5) is 11.8. The molecule has 0 amide bonds. The molecule has 0 radical (unpaired) electrons. The van der Waals surface area contributed by atoms with Crippen molar-refractivity contribution >= 4 is 17.6 Å². The van der Waals surface area contributed by atoms with Crippen molar-refractivity contribution in [1.29, 1.82) is 0 Å². The summed E-state index contributed by atoms with van der Waals surface area (Å²) >= 11 is 5.82. The molecule has 0 aromatic heterocycles. The van der Waals surface area contributed by atoms with E-state index in [1.807, 2.05) is 42.5 Å². The molecule has 5 heteroatoms. The Labute approximate surface area is 165 Å². The molecular weight excluding hydrogens is 364 g/mol. The van der Waals surface area contributed by atoms with E-state index in [1.54, 1.807) is 12.1 Å². The van der Waals surface area contributed by atoms with Crippen LogP contribution in [0.15, 0.2) is 54.6 Å². The number of ether oxygens (including phenoxy) is 1. The largest absolute Gasteiger partial charge is 0.461 e. The zero-order valence-corrected chi connectivity index (χ0v) is 16.1. The lowest BCUT2D eigenvalue weighted by atomic mass is 9.93. The lowest BCUT2D eigenvalue weighted by molar-refractivity contribution is -0.145. The third-order valence-corrected chi connectivity index (χ3v) is 4.71. The fourth-order valence-corrected chi connectivity index (χ4v) is 3.10. The minimum atomic E-state index is -0.532. The molecule has 2 aromatic carbocycles. The van der Waals surface area contributed by atoms with Gasteiger partial charge in [0.25, 0.3) is 0 Å². The number of esters is 1. The Morgan fingerprint density at radius 3 is 2.41 bits per heavy atom. The van der Waals surface area contributed by atoms with Gasteiger partial charge in [-0.1, -0.05) is 54.1 Å². The van der Waals surface area contributed by atoms with Gasteiger partial charge in [-0.25, -0.2) is 0 Å². The first-order chi connectivity index (χ1) is 13.1. The molecule has 2 unspecified atom stereocenters. The maximum atomic E-state index is 11.8. The highest BCUT2D eigenvalue weighted by atomic mass is 35.5. The van der Waals surface area contributed by atoms with Crippen molar-refractivity contribution in [2.45, 2.75) is 44.8 Å². The molecule has 0 saturated heterocycles. The number of hydrogen-bond donors (Lipinski definition) is 2. The van der Waals surface area contributed by atoms with E-state index in [2.05, 4.69) is 0 Å². The van der Waals surface area contributed by atoms with Crippen LogP contribution in [0.25, 0.3) is 0 Å². The van der Waals surface area contributed by atoms with Crippen molar-refractivity contribution in [2.75, 3.05) is 6.61 Å². The third-order valence-electron chi connectivity index (χ3n) is 4.46. The molecular formula is C22H27ClO4. The minimum absolute atomic E-state index is 0.0132. The standard InChI is InChI=1S/C22H27ClO4/c23-20-11-9-18(10-12-20)16-27-22(26)8-4-7-21(25)14-19(15-24)13-17-5-2-1-3-6-17/h1-3,5-6,9-12,19,21,24-25H,4,7-8,13-16H2. The maximum absolute atomic E-state index is 11.8. The molecule has 0 spiro atoms. The Kier molecular flexibility index (Phi) is 9.32. The van der Waals surface area contributed by atoms with Crippen molar-refractivity contribution < 1.29 is 19.7 Å². The van der Waals surface area contributed by atoms with Gasteiger partial charge in [-0.2, -0.15) is 0 Å². The van der Waals surface area contributed by atoms with Gasteiger partial charge >= 0.3 is 5.97 Å². The van der Waals surface area contributed by atoms with Gasteiger partial charge in [-0.05, 0) is 54.9 Å². The van der Waals surface area contributed by atoms with E-state index in [4.69, 9.17) is 16.3 Å². The van der Waals surface area contributed by atoms with Gasteiger partial charge in [0.1, 0.15) is 6.61 Å². The molecule has 27 heavy (non-hydrogen) atoms. The summed E-state index contributed by atoms with van der Waals surface area (Å²) in [5.74, 6) is -0.264. The van der Waals surface area contributed by atoms with Crippen molar-refractivity contribution in [3.8, 4) is 0 Å². The maximum Gasteiger partial charge on any atom is 0.306 e. The normalized spacial score (nSPS) is 13.1. The summed E-state index contributed by atoms with van der Waals surface area (Å²) in [7, 11) is 0. The van der Waals surface area contributed by atoms with Crippen LogP contribution < -0.4 is 0 Å². The Hall–Kier alpha value is -1.88. The molecule has 0 bridgehead atoms. The molecule has 0 heterocycles. The quantitative estimate of drug-likeness (QED) is 0.565. The van der Waals surface area contributed by atoms with Gasteiger partial charge < -0.3 is 14.9 Å². The number of rotatable bonds is 11. The number of benzene rings is 2. The van der Waals surface area contributed by atoms with Crippen molar-refractivity contribution in [3.63, 3.8) is 0 Å². The fraction of sp³-hybridized carbons (Fsp3) is 0.409. The van der Waals surface area contributed by atoms with Crippen LogP contribution >= 0.6 is 11.6 Å². The summed E-state index contributed by atoms with van der Waals surface area (Å²) in [6, 6.07) is 17.1. The molecule has 0 aliphatic carbocycles. The zero-order valence-electron chi connectivity index (χ0n) is 15.4. The van der Waals surface area contributed by atoms with E-state index in [0.717, 1.165) is 17.5 Å². The molecule has 2 rings (SSSR count). The lowest BCUT2D eigenvalue weighted by Crippen LogP contribution is -2.19. The first kappa shape index (κ1) is 21.4. The van der Waals surface area contributed by atoms with E-state index < -0.39 is 6.10 Å². The van der Waals surface area contributed by atoms with Gasteiger partial charge in [0.2, 0.25) is 0 Å². The van der Waals surface area contributed by atoms with E-state index in [1.165, 1.54) is 0 Å². The number of carbonyl (C=O) groups is 1. The Bertz CT molecular complexity index is 672. The molecule has 0 aliphatic heterocycles. The third kappa shape index (κ3) is 8.57. The van der Waals surface area contributed by atoms with Crippen LogP contribution in [0, 0.1) is 5.92 Å². The van der Waals surface area contributed by atoms with Crippen LogP contribution in [0.5, 0.6) is 0 Å². The Morgan fingerprint density at radius 1 is 1.04 bits per heavy atom. The van der Waals surface area contributed by atoms with Crippen LogP contribution in [0.4, 0.5) is 0 Å². The minimum Gasteiger partial charge on any atom is -0.461 e. The summed E-state index contributed by atoms with van der Waals surface area (Å²) in [5, 5.41) is 20.4. The predicted molar refractivity (Wildman–Crippen MR) is 106 cm³/mol. The van der Waals surface area contributed by atoms with Crippen LogP contribution in [0.2, 0.25) is 5.02 Å². The Morgan fingerprint density at radius 2 is 1.74 bits per heavy atom. The SMILES string of the molecule is O=C(CCCC(O)CC(CO)Cc1ccccc1)OCc1ccc(Cl)cc1. The molecule has 146 valence electrons. The highest BCUT2D eigenvalue weighted by Crippen LogP contribution is 2.17. The van der Waals surface area contributed by atoms with Crippen molar-refractivity contribution in [1.82, 2.24) is 0 Å². The highest BCUT2D eigenvalue weighted by molar-refractivity contribution is 6.30. The first-order valence-corrected chi connectivity index (χ1v) is 9.67. The average molecular weight is 391 g/mol. The number of aliphatic hydroxyl groups excluding tert-OH is 2. The van der Waals surface area contributed by atoms with Gasteiger partial charge in [-0.3, -0.25) is 4.79 Å². The number of hydrogen-bond acceptors (Lipinski definition) is 4. The van der Waals surface area contributed by atoms with Gasteiger partial charge in [0.05, 0.1) is 6.10 Å². The lowest BCUT2D eigenvalue weighted by Gasteiger charge is -2.18. The van der Waals surface area contributed by atoms with Crippen molar-refractivity contribution in [2.24, 2.45) is 5.92 Å². The second-order valence-electron chi connectivity index (χ2n) is 6.81.